The van der Waals surface area contributed by atoms with Crippen LogP contribution in [0.1, 0.15) is 6.92 Å². The second-order valence-corrected chi connectivity index (χ2v) is 1.41. The maximum atomic E-state index is 6.89. The van der Waals surface area contributed by atoms with Crippen molar-refractivity contribution < 1.29 is 0 Å². The van der Waals surface area contributed by atoms with Gasteiger partial charge in [-0.1, -0.05) is 6.58 Å². The molecule has 0 aliphatic carbocycles. The van der Waals surface area contributed by atoms with Crippen molar-refractivity contribution in [3.63, 3.8) is 0 Å². The lowest BCUT2D eigenvalue weighted by Gasteiger charge is -1.76. The summed E-state index contributed by atoms with van der Waals surface area (Å²) in [5.41, 5.74) is 0.408. The molecule has 48 valence electrons. The fourth-order valence-electron chi connectivity index (χ4n) is 0.231. The Morgan fingerprint density at radius 3 is 2.67 bits per heavy atom. The molecule has 0 bridgehead atoms. The van der Waals surface area contributed by atoms with Gasteiger partial charge in [-0.05, 0) is 6.92 Å². The molecule has 0 unspecified atom stereocenters. The second-order valence-electron chi connectivity index (χ2n) is 1.41. The van der Waals surface area contributed by atoms with E-state index in [1.807, 2.05) is 0 Å². The van der Waals surface area contributed by atoms with Crippen molar-refractivity contribution >= 4 is 18.3 Å². The average molecular weight is 123 g/mol. The molecule has 0 aromatic heterocycles. The molecule has 0 atom stereocenters. The molecule has 1 N–H and O–H groups in total. The summed E-state index contributed by atoms with van der Waals surface area (Å²) in [6, 6.07) is 0. The zero-order valence-electron chi connectivity index (χ0n) is 5.33. The van der Waals surface area contributed by atoms with Crippen LogP contribution >= 0.6 is 0 Å². The van der Waals surface area contributed by atoms with Crippen molar-refractivity contribution in [2.75, 3.05) is 0 Å². The predicted molar refractivity (Wildman–Crippen MR) is 40.6 cm³/mol. The summed E-state index contributed by atoms with van der Waals surface area (Å²) in [6.07, 6.45) is 4.13. The number of nitrogens with zero attached hydrogens (tertiary/aromatic N) is 2. The van der Waals surface area contributed by atoms with Crippen LogP contribution in [0.2, 0.25) is 0 Å². The van der Waals surface area contributed by atoms with Crippen molar-refractivity contribution in [3.05, 3.63) is 12.8 Å². The van der Waals surface area contributed by atoms with Gasteiger partial charge >= 0.3 is 0 Å². The van der Waals surface area contributed by atoms with Gasteiger partial charge in [0.05, 0.1) is 0 Å². The van der Waals surface area contributed by atoms with Crippen LogP contribution in [0, 0.1) is 5.41 Å². The SMILES string of the molecule is C=CN=CN=CC(C)=N. The van der Waals surface area contributed by atoms with Crippen LogP contribution in [0.3, 0.4) is 0 Å². The third-order valence-corrected chi connectivity index (χ3v) is 0.507. The van der Waals surface area contributed by atoms with Crippen LogP contribution < -0.4 is 0 Å². The van der Waals surface area contributed by atoms with Gasteiger partial charge in [-0.25, -0.2) is 9.98 Å². The van der Waals surface area contributed by atoms with E-state index in [1.54, 1.807) is 6.92 Å². The lowest BCUT2D eigenvalue weighted by molar-refractivity contribution is 1.51. The van der Waals surface area contributed by atoms with Gasteiger partial charge in [0.15, 0.2) is 0 Å². The van der Waals surface area contributed by atoms with Crippen LogP contribution in [0.4, 0.5) is 0 Å². The molecule has 0 aliphatic heterocycles. The van der Waals surface area contributed by atoms with E-state index >= 15 is 0 Å². The minimum absolute atomic E-state index is 0.408. The first-order valence-electron chi connectivity index (χ1n) is 2.48. The lowest BCUT2D eigenvalue weighted by atomic mass is 10.5. The molecule has 0 amide bonds. The van der Waals surface area contributed by atoms with Crippen molar-refractivity contribution in [1.82, 2.24) is 0 Å². The molecule has 0 spiro atoms. The minimum atomic E-state index is 0.408. The smallest absolute Gasteiger partial charge is 0.115 e. The normalized spacial score (nSPS) is 10.8. The first kappa shape index (κ1) is 7.75. The predicted octanol–water partition coefficient (Wildman–Crippen LogP) is 1.27. The highest BCUT2D eigenvalue weighted by Crippen LogP contribution is 1.66. The zero-order chi connectivity index (χ0) is 7.11. The number of hydrogen-bond donors (Lipinski definition) is 1. The molecule has 0 saturated carbocycles. The van der Waals surface area contributed by atoms with Crippen LogP contribution in [0.15, 0.2) is 22.8 Å². The molecular formula is C6H9N3. The molecule has 3 nitrogen and oxygen atoms in total. The van der Waals surface area contributed by atoms with Gasteiger partial charge in [-0.3, -0.25) is 0 Å². The standard InChI is InChI=1S/C6H9N3/c1-3-8-5-9-4-6(2)7/h3-5,7H,1H2,2H3. The van der Waals surface area contributed by atoms with Crippen LogP contribution in [0.25, 0.3) is 0 Å². The number of hydrogen-bond acceptors (Lipinski definition) is 2. The van der Waals surface area contributed by atoms with Gasteiger partial charge in [0.2, 0.25) is 0 Å². The Labute approximate surface area is 54.4 Å². The third kappa shape index (κ3) is 6.75. The zero-order valence-corrected chi connectivity index (χ0v) is 5.33. The summed E-state index contributed by atoms with van der Waals surface area (Å²) >= 11 is 0. The van der Waals surface area contributed by atoms with Crippen LogP contribution in [-0.2, 0) is 0 Å². The Hall–Kier alpha value is -1.25. The van der Waals surface area contributed by atoms with Crippen molar-refractivity contribution in [3.8, 4) is 0 Å². The van der Waals surface area contributed by atoms with Gasteiger partial charge in [-0.15, -0.1) is 0 Å². The van der Waals surface area contributed by atoms with E-state index in [0.717, 1.165) is 0 Å². The first-order chi connectivity index (χ1) is 4.27. The average Bonchev–Trinajstić information content (AvgIpc) is 1.80. The first-order valence-corrected chi connectivity index (χ1v) is 2.48. The highest BCUT2D eigenvalue weighted by Gasteiger charge is 1.71. The van der Waals surface area contributed by atoms with E-state index in [1.165, 1.54) is 18.8 Å². The Morgan fingerprint density at radius 2 is 2.22 bits per heavy atom. The molecule has 9 heavy (non-hydrogen) atoms. The quantitative estimate of drug-likeness (QED) is 0.434. The molecule has 0 saturated heterocycles. The molecule has 0 aliphatic rings. The van der Waals surface area contributed by atoms with Gasteiger partial charge in [0.1, 0.15) is 6.34 Å². The van der Waals surface area contributed by atoms with E-state index in [0.29, 0.717) is 5.71 Å². The summed E-state index contributed by atoms with van der Waals surface area (Å²) in [4.78, 5) is 7.24. The highest BCUT2D eigenvalue weighted by atomic mass is 14.8. The molecule has 0 rings (SSSR count). The summed E-state index contributed by atoms with van der Waals surface area (Å²) in [6.45, 7) is 5.00. The summed E-state index contributed by atoms with van der Waals surface area (Å²) in [5.74, 6) is 0. The third-order valence-electron chi connectivity index (χ3n) is 0.507. The van der Waals surface area contributed by atoms with E-state index in [2.05, 4.69) is 16.6 Å². The number of nitrogens with one attached hydrogen (secondary N) is 1. The van der Waals surface area contributed by atoms with E-state index in [4.69, 9.17) is 5.41 Å². The summed E-state index contributed by atoms with van der Waals surface area (Å²) in [7, 11) is 0. The summed E-state index contributed by atoms with van der Waals surface area (Å²) in [5, 5.41) is 6.89. The van der Waals surface area contributed by atoms with Gasteiger partial charge in [0, 0.05) is 18.1 Å². The van der Waals surface area contributed by atoms with E-state index in [-0.39, 0.29) is 0 Å². The Balaban J connectivity index is 3.59. The number of rotatable bonds is 3. The fraction of sp³-hybridized carbons (Fsp3) is 0.167. The van der Waals surface area contributed by atoms with Crippen LogP contribution in [0.5, 0.6) is 0 Å². The molecule has 0 fully saturated rings. The van der Waals surface area contributed by atoms with Crippen molar-refractivity contribution in [1.29, 1.82) is 5.41 Å². The lowest BCUT2D eigenvalue weighted by Crippen LogP contribution is -1.87. The monoisotopic (exact) mass is 123 g/mol. The van der Waals surface area contributed by atoms with Gasteiger partial charge < -0.3 is 5.41 Å². The molecule has 3 heteroatoms. The topological polar surface area (TPSA) is 48.6 Å². The Bertz CT molecular complexity index is 156. The second kappa shape index (κ2) is 4.90. The maximum Gasteiger partial charge on any atom is 0.115 e. The van der Waals surface area contributed by atoms with E-state index in [9.17, 15) is 0 Å². The molecule has 0 aromatic carbocycles. The van der Waals surface area contributed by atoms with Gasteiger partial charge in [-0.2, -0.15) is 0 Å². The summed E-state index contributed by atoms with van der Waals surface area (Å²) < 4.78 is 0. The largest absolute Gasteiger partial charge is 0.304 e. The highest BCUT2D eigenvalue weighted by molar-refractivity contribution is 6.29. The molecular weight excluding hydrogens is 114 g/mol. The van der Waals surface area contributed by atoms with Crippen molar-refractivity contribution in [2.24, 2.45) is 9.98 Å². The number of aliphatic imine (C=N–C) groups is 2. The Morgan fingerprint density at radius 1 is 1.56 bits per heavy atom. The minimum Gasteiger partial charge on any atom is -0.304 e. The van der Waals surface area contributed by atoms with Gasteiger partial charge in [0.25, 0.3) is 0 Å². The Kier molecular flexibility index (Phi) is 4.22. The molecule has 0 radical (unpaired) electrons. The molecule has 0 heterocycles. The van der Waals surface area contributed by atoms with Crippen molar-refractivity contribution in [2.45, 2.75) is 6.92 Å². The fourth-order valence-corrected chi connectivity index (χ4v) is 0.231. The molecule has 0 aromatic rings. The van der Waals surface area contributed by atoms with Crippen LogP contribution in [-0.4, -0.2) is 18.3 Å². The van der Waals surface area contributed by atoms with E-state index < -0.39 is 0 Å². The maximum absolute atomic E-state index is 6.89.